The molecule has 0 saturated carbocycles. The summed E-state index contributed by atoms with van der Waals surface area (Å²) in [6, 6.07) is 7.92. The lowest BCUT2D eigenvalue weighted by molar-refractivity contribution is 0.0791. The second kappa shape index (κ2) is 8.92. The monoisotopic (exact) mass is 334 g/mol. The van der Waals surface area contributed by atoms with Gasteiger partial charge >= 0.3 is 6.03 Å². The van der Waals surface area contributed by atoms with Crippen LogP contribution < -0.4 is 10.1 Å². The van der Waals surface area contributed by atoms with E-state index in [4.69, 9.17) is 4.74 Å². The molecule has 2 atom stereocenters. The first-order chi connectivity index (χ1) is 11.5. The maximum absolute atomic E-state index is 12.3. The Morgan fingerprint density at radius 3 is 2.71 bits per heavy atom. The molecule has 2 rings (SSSR count). The Kier molecular flexibility index (Phi) is 6.91. The van der Waals surface area contributed by atoms with Crippen molar-refractivity contribution in [3.05, 3.63) is 29.8 Å². The van der Waals surface area contributed by atoms with Crippen molar-refractivity contribution in [2.45, 2.75) is 52.2 Å². The van der Waals surface area contributed by atoms with Gasteiger partial charge in [0.25, 0.3) is 0 Å². The standard InChI is InChI=1S/C19H30N2O3/c1-4-17(24-18-7-5-6-14(2)12-18)13-20-19(23)21-10-8-16(9-11-21)15(3)22/h5-7,12,15-17,22H,4,8-11,13H2,1-3H3,(H,20,23). The van der Waals surface area contributed by atoms with Crippen molar-refractivity contribution in [3.8, 4) is 5.75 Å². The summed E-state index contributed by atoms with van der Waals surface area (Å²) in [4.78, 5) is 14.1. The van der Waals surface area contributed by atoms with E-state index in [-0.39, 0.29) is 18.2 Å². The summed E-state index contributed by atoms with van der Waals surface area (Å²) >= 11 is 0. The van der Waals surface area contributed by atoms with Crippen molar-refractivity contribution in [1.82, 2.24) is 10.2 Å². The number of aliphatic hydroxyl groups excluding tert-OH is 1. The van der Waals surface area contributed by atoms with E-state index in [1.165, 1.54) is 0 Å². The molecule has 1 heterocycles. The Morgan fingerprint density at radius 2 is 2.12 bits per heavy atom. The molecule has 1 aromatic carbocycles. The Hall–Kier alpha value is -1.75. The van der Waals surface area contributed by atoms with Crippen LogP contribution in [0, 0.1) is 12.8 Å². The van der Waals surface area contributed by atoms with E-state index in [9.17, 15) is 9.90 Å². The molecule has 0 aliphatic carbocycles. The highest BCUT2D eigenvalue weighted by atomic mass is 16.5. The predicted octanol–water partition coefficient (Wildman–Crippen LogP) is 2.95. The fourth-order valence-corrected chi connectivity index (χ4v) is 3.05. The number of urea groups is 1. The van der Waals surface area contributed by atoms with Crippen molar-refractivity contribution in [3.63, 3.8) is 0 Å². The lowest BCUT2D eigenvalue weighted by Gasteiger charge is -2.33. The molecule has 134 valence electrons. The number of nitrogens with one attached hydrogen (secondary N) is 1. The first kappa shape index (κ1) is 18.6. The zero-order valence-electron chi connectivity index (χ0n) is 15.0. The Bertz CT molecular complexity index is 525. The normalized spacial score (nSPS) is 18.1. The number of amides is 2. The molecule has 0 radical (unpaired) electrons. The first-order valence-electron chi connectivity index (χ1n) is 8.93. The molecule has 1 fully saturated rings. The molecule has 2 unspecified atom stereocenters. The molecular weight excluding hydrogens is 304 g/mol. The van der Waals surface area contributed by atoms with Crippen LogP contribution in [0.2, 0.25) is 0 Å². The average Bonchev–Trinajstić information content (AvgIpc) is 2.58. The molecule has 5 heteroatoms. The van der Waals surface area contributed by atoms with Gasteiger partial charge in [0.15, 0.2) is 0 Å². The van der Waals surface area contributed by atoms with E-state index in [1.807, 2.05) is 43.0 Å². The highest BCUT2D eigenvalue weighted by Gasteiger charge is 2.25. The number of hydrogen-bond acceptors (Lipinski definition) is 3. The fraction of sp³-hybridized carbons (Fsp3) is 0.632. The van der Waals surface area contributed by atoms with Crippen LogP contribution in [0.3, 0.4) is 0 Å². The van der Waals surface area contributed by atoms with E-state index in [2.05, 4.69) is 12.2 Å². The minimum atomic E-state index is -0.289. The van der Waals surface area contributed by atoms with Crippen LogP contribution in [0.1, 0.15) is 38.7 Å². The molecule has 2 N–H and O–H groups in total. The molecular formula is C19H30N2O3. The van der Waals surface area contributed by atoms with Gasteiger partial charge in [0.1, 0.15) is 11.9 Å². The summed E-state index contributed by atoms with van der Waals surface area (Å²) in [6.07, 6.45) is 2.23. The number of hydrogen-bond donors (Lipinski definition) is 2. The number of aryl methyl sites for hydroxylation is 1. The zero-order valence-corrected chi connectivity index (χ0v) is 15.0. The van der Waals surface area contributed by atoms with Crippen LogP contribution in [-0.2, 0) is 0 Å². The van der Waals surface area contributed by atoms with Crippen LogP contribution in [0.15, 0.2) is 24.3 Å². The number of nitrogens with zero attached hydrogens (tertiary/aromatic N) is 1. The van der Waals surface area contributed by atoms with Gasteiger partial charge in [0, 0.05) is 13.1 Å². The molecule has 24 heavy (non-hydrogen) atoms. The summed E-state index contributed by atoms with van der Waals surface area (Å²) in [6.45, 7) is 7.83. The largest absolute Gasteiger partial charge is 0.489 e. The van der Waals surface area contributed by atoms with Crippen LogP contribution in [0.4, 0.5) is 4.79 Å². The highest BCUT2D eigenvalue weighted by Crippen LogP contribution is 2.20. The zero-order chi connectivity index (χ0) is 17.5. The summed E-state index contributed by atoms with van der Waals surface area (Å²) in [5, 5.41) is 12.6. The second-order valence-electron chi connectivity index (χ2n) is 6.72. The van der Waals surface area contributed by atoms with Crippen LogP contribution in [0.5, 0.6) is 5.75 Å². The average molecular weight is 334 g/mol. The Balaban J connectivity index is 1.77. The highest BCUT2D eigenvalue weighted by molar-refractivity contribution is 5.74. The summed E-state index contributed by atoms with van der Waals surface area (Å²) in [7, 11) is 0. The van der Waals surface area contributed by atoms with Gasteiger partial charge in [-0.25, -0.2) is 4.79 Å². The van der Waals surface area contributed by atoms with Crippen LogP contribution in [0.25, 0.3) is 0 Å². The minimum absolute atomic E-state index is 0.0363. The summed E-state index contributed by atoms with van der Waals surface area (Å²) in [5.41, 5.74) is 1.16. The number of benzene rings is 1. The quantitative estimate of drug-likeness (QED) is 0.841. The van der Waals surface area contributed by atoms with Gasteiger partial charge in [-0.2, -0.15) is 0 Å². The van der Waals surface area contributed by atoms with Gasteiger partial charge in [-0.1, -0.05) is 19.1 Å². The third kappa shape index (κ3) is 5.41. The molecule has 0 bridgehead atoms. The summed E-state index contributed by atoms with van der Waals surface area (Å²) < 4.78 is 5.96. The number of carbonyl (C=O) groups is 1. The molecule has 1 saturated heterocycles. The van der Waals surface area contributed by atoms with Gasteiger partial charge in [-0.05, 0) is 56.7 Å². The van der Waals surface area contributed by atoms with Crippen molar-refractivity contribution in [1.29, 1.82) is 0 Å². The Labute approximate surface area is 145 Å². The number of likely N-dealkylation sites (tertiary alicyclic amines) is 1. The van der Waals surface area contributed by atoms with E-state index >= 15 is 0 Å². The molecule has 1 aliphatic heterocycles. The first-order valence-corrected chi connectivity index (χ1v) is 8.93. The molecule has 0 spiro atoms. The molecule has 1 aromatic rings. The fourth-order valence-electron chi connectivity index (χ4n) is 3.05. The van der Waals surface area contributed by atoms with E-state index in [0.717, 1.165) is 30.6 Å². The van der Waals surface area contributed by atoms with E-state index in [1.54, 1.807) is 0 Å². The molecule has 2 amide bonds. The van der Waals surface area contributed by atoms with E-state index < -0.39 is 0 Å². The van der Waals surface area contributed by atoms with Gasteiger partial charge < -0.3 is 20.1 Å². The van der Waals surface area contributed by atoms with Gasteiger partial charge in [-0.15, -0.1) is 0 Å². The number of rotatable bonds is 6. The SMILES string of the molecule is CCC(CNC(=O)N1CCC(C(C)O)CC1)Oc1cccc(C)c1. The van der Waals surface area contributed by atoms with Gasteiger partial charge in [0.05, 0.1) is 12.6 Å². The van der Waals surface area contributed by atoms with Crippen molar-refractivity contribution in [2.75, 3.05) is 19.6 Å². The van der Waals surface area contributed by atoms with Crippen molar-refractivity contribution < 1.29 is 14.6 Å². The maximum Gasteiger partial charge on any atom is 0.317 e. The second-order valence-corrected chi connectivity index (χ2v) is 6.72. The maximum atomic E-state index is 12.3. The van der Waals surface area contributed by atoms with Crippen molar-refractivity contribution >= 4 is 6.03 Å². The molecule has 1 aliphatic rings. The lowest BCUT2D eigenvalue weighted by Crippen LogP contribution is -2.47. The van der Waals surface area contributed by atoms with Crippen LogP contribution >= 0.6 is 0 Å². The summed E-state index contributed by atoms with van der Waals surface area (Å²) in [5.74, 6) is 1.15. The lowest BCUT2D eigenvalue weighted by atomic mass is 9.92. The smallest absolute Gasteiger partial charge is 0.317 e. The Morgan fingerprint density at radius 1 is 1.42 bits per heavy atom. The van der Waals surface area contributed by atoms with Gasteiger partial charge in [0.2, 0.25) is 0 Å². The molecule has 5 nitrogen and oxygen atoms in total. The third-order valence-electron chi connectivity index (χ3n) is 4.74. The van der Waals surface area contributed by atoms with Crippen LogP contribution in [-0.4, -0.2) is 47.9 Å². The number of aliphatic hydroxyl groups is 1. The topological polar surface area (TPSA) is 61.8 Å². The third-order valence-corrected chi connectivity index (χ3v) is 4.74. The van der Waals surface area contributed by atoms with Crippen molar-refractivity contribution in [2.24, 2.45) is 5.92 Å². The minimum Gasteiger partial charge on any atom is -0.489 e. The number of ether oxygens (including phenoxy) is 1. The number of piperidine rings is 1. The predicted molar refractivity (Wildman–Crippen MR) is 95.3 cm³/mol. The van der Waals surface area contributed by atoms with E-state index in [0.29, 0.717) is 25.6 Å². The van der Waals surface area contributed by atoms with Gasteiger partial charge in [-0.3, -0.25) is 0 Å². The number of carbonyl (C=O) groups excluding carboxylic acids is 1. The molecule has 0 aromatic heterocycles.